The standard InChI is InChI=1S/C20H26N2O4S/c1-13-11-14(2)19(15(3)12-13)21-20(23)16(4)22(27(6,24)25)17-7-9-18(26-5)10-8-17/h7-12,16H,1-6H3,(H,21,23)/t16-/m1/s1. The summed E-state index contributed by atoms with van der Waals surface area (Å²) in [5.74, 6) is 0.210. The van der Waals surface area contributed by atoms with Gasteiger partial charge in [-0.05, 0) is 63.1 Å². The third kappa shape index (κ3) is 4.80. The van der Waals surface area contributed by atoms with Gasteiger partial charge in [-0.2, -0.15) is 0 Å². The van der Waals surface area contributed by atoms with E-state index in [1.54, 1.807) is 31.2 Å². The fraction of sp³-hybridized carbons (Fsp3) is 0.350. The summed E-state index contributed by atoms with van der Waals surface area (Å²) < 4.78 is 31.0. The summed E-state index contributed by atoms with van der Waals surface area (Å²) in [4.78, 5) is 12.8. The van der Waals surface area contributed by atoms with Crippen LogP contribution in [0.4, 0.5) is 11.4 Å². The molecule has 7 heteroatoms. The molecule has 2 aromatic carbocycles. The molecule has 1 atom stereocenters. The first-order valence-corrected chi connectivity index (χ1v) is 10.4. The van der Waals surface area contributed by atoms with E-state index in [1.807, 2.05) is 32.9 Å². The summed E-state index contributed by atoms with van der Waals surface area (Å²) in [5, 5.41) is 2.88. The topological polar surface area (TPSA) is 75.7 Å². The van der Waals surface area contributed by atoms with Gasteiger partial charge in [-0.25, -0.2) is 8.42 Å². The van der Waals surface area contributed by atoms with Crippen molar-refractivity contribution in [2.45, 2.75) is 33.7 Å². The second-order valence-electron chi connectivity index (χ2n) is 6.70. The molecule has 0 bridgehead atoms. The van der Waals surface area contributed by atoms with Crippen molar-refractivity contribution in [3.8, 4) is 5.75 Å². The van der Waals surface area contributed by atoms with Gasteiger partial charge in [0, 0.05) is 5.69 Å². The van der Waals surface area contributed by atoms with Crippen molar-refractivity contribution in [3.63, 3.8) is 0 Å². The van der Waals surface area contributed by atoms with Crippen molar-refractivity contribution in [1.29, 1.82) is 0 Å². The number of anilines is 2. The Hall–Kier alpha value is -2.54. The molecule has 0 aliphatic carbocycles. The van der Waals surface area contributed by atoms with Gasteiger partial charge in [-0.15, -0.1) is 0 Å². The van der Waals surface area contributed by atoms with Gasteiger partial charge < -0.3 is 10.1 Å². The number of carbonyl (C=O) groups is 1. The molecular weight excluding hydrogens is 364 g/mol. The third-order valence-corrected chi connectivity index (χ3v) is 5.58. The summed E-state index contributed by atoms with van der Waals surface area (Å²) in [7, 11) is -2.14. The molecule has 2 rings (SSSR count). The predicted molar refractivity (Wildman–Crippen MR) is 109 cm³/mol. The van der Waals surface area contributed by atoms with E-state index < -0.39 is 22.0 Å². The minimum atomic E-state index is -3.67. The maximum Gasteiger partial charge on any atom is 0.248 e. The zero-order valence-electron chi connectivity index (χ0n) is 16.5. The average molecular weight is 391 g/mol. The van der Waals surface area contributed by atoms with Gasteiger partial charge in [-0.1, -0.05) is 17.7 Å². The lowest BCUT2D eigenvalue weighted by Gasteiger charge is -2.28. The first kappa shape index (κ1) is 20.8. The normalized spacial score (nSPS) is 12.4. The van der Waals surface area contributed by atoms with Crippen LogP contribution in [-0.2, 0) is 14.8 Å². The summed E-state index contributed by atoms with van der Waals surface area (Å²) in [6, 6.07) is 9.58. The number of sulfonamides is 1. The molecule has 0 aliphatic heterocycles. The minimum Gasteiger partial charge on any atom is -0.497 e. The lowest BCUT2D eigenvalue weighted by atomic mass is 10.0. The van der Waals surface area contributed by atoms with Crippen LogP contribution in [0.1, 0.15) is 23.6 Å². The molecule has 2 aromatic rings. The number of hydrogen-bond acceptors (Lipinski definition) is 4. The number of amides is 1. The summed E-state index contributed by atoms with van der Waals surface area (Å²) in [6.45, 7) is 7.39. The molecule has 0 saturated carbocycles. The van der Waals surface area contributed by atoms with Crippen LogP contribution in [0.2, 0.25) is 0 Å². The number of hydrogen-bond donors (Lipinski definition) is 1. The van der Waals surface area contributed by atoms with Crippen LogP contribution in [0.3, 0.4) is 0 Å². The lowest BCUT2D eigenvalue weighted by molar-refractivity contribution is -0.116. The van der Waals surface area contributed by atoms with E-state index in [9.17, 15) is 13.2 Å². The first-order valence-electron chi connectivity index (χ1n) is 8.56. The number of nitrogens with zero attached hydrogens (tertiary/aromatic N) is 1. The second kappa shape index (κ2) is 8.00. The van der Waals surface area contributed by atoms with Crippen LogP contribution in [0.15, 0.2) is 36.4 Å². The highest BCUT2D eigenvalue weighted by molar-refractivity contribution is 7.92. The van der Waals surface area contributed by atoms with Gasteiger partial charge in [0.15, 0.2) is 0 Å². The number of aryl methyl sites for hydroxylation is 3. The molecule has 0 radical (unpaired) electrons. The van der Waals surface area contributed by atoms with Crippen molar-refractivity contribution >= 4 is 27.3 Å². The van der Waals surface area contributed by atoms with E-state index in [0.717, 1.165) is 27.3 Å². The maximum absolute atomic E-state index is 12.8. The van der Waals surface area contributed by atoms with Crippen LogP contribution in [0.5, 0.6) is 5.75 Å². The minimum absolute atomic E-state index is 0.397. The van der Waals surface area contributed by atoms with Gasteiger partial charge in [0.05, 0.1) is 19.1 Å². The van der Waals surface area contributed by atoms with Crippen LogP contribution >= 0.6 is 0 Å². The number of rotatable bonds is 6. The highest BCUT2D eigenvalue weighted by atomic mass is 32.2. The number of nitrogens with one attached hydrogen (secondary N) is 1. The zero-order valence-corrected chi connectivity index (χ0v) is 17.3. The average Bonchev–Trinajstić information content (AvgIpc) is 2.57. The molecule has 0 aliphatic rings. The van der Waals surface area contributed by atoms with Crippen LogP contribution in [0, 0.1) is 20.8 Å². The molecule has 0 fully saturated rings. The Morgan fingerprint density at radius 2 is 1.59 bits per heavy atom. The maximum atomic E-state index is 12.8. The Balaban J connectivity index is 2.35. The summed E-state index contributed by atoms with van der Waals surface area (Å²) >= 11 is 0. The lowest BCUT2D eigenvalue weighted by Crippen LogP contribution is -2.45. The number of benzene rings is 2. The zero-order chi connectivity index (χ0) is 20.4. The molecule has 27 heavy (non-hydrogen) atoms. The molecule has 0 saturated heterocycles. The van der Waals surface area contributed by atoms with Gasteiger partial charge in [0.25, 0.3) is 0 Å². The quantitative estimate of drug-likeness (QED) is 0.820. The Kier molecular flexibility index (Phi) is 6.15. The van der Waals surface area contributed by atoms with E-state index in [1.165, 1.54) is 7.11 Å². The Morgan fingerprint density at radius 1 is 1.07 bits per heavy atom. The molecule has 1 N–H and O–H groups in total. The molecule has 146 valence electrons. The molecule has 0 aromatic heterocycles. The molecule has 0 spiro atoms. The molecule has 0 unspecified atom stereocenters. The summed E-state index contributed by atoms with van der Waals surface area (Å²) in [5.41, 5.74) is 4.08. The van der Waals surface area contributed by atoms with Gasteiger partial charge >= 0.3 is 0 Å². The predicted octanol–water partition coefficient (Wildman–Crippen LogP) is 3.41. The van der Waals surface area contributed by atoms with Crippen molar-refractivity contribution in [1.82, 2.24) is 0 Å². The van der Waals surface area contributed by atoms with Crippen LogP contribution in [0.25, 0.3) is 0 Å². The van der Waals surface area contributed by atoms with E-state index in [0.29, 0.717) is 17.1 Å². The fourth-order valence-corrected chi connectivity index (χ4v) is 4.32. The molecular formula is C20H26N2O4S. The Morgan fingerprint density at radius 3 is 2.04 bits per heavy atom. The van der Waals surface area contributed by atoms with Gasteiger partial charge in [0.2, 0.25) is 15.9 Å². The molecule has 6 nitrogen and oxygen atoms in total. The number of methoxy groups -OCH3 is 1. The Labute approximate surface area is 161 Å². The Bertz CT molecular complexity index is 914. The van der Waals surface area contributed by atoms with Gasteiger partial charge in [0.1, 0.15) is 11.8 Å². The van der Waals surface area contributed by atoms with Crippen molar-refractivity contribution in [2.75, 3.05) is 23.0 Å². The van der Waals surface area contributed by atoms with E-state index in [4.69, 9.17) is 4.74 Å². The number of carbonyl (C=O) groups excluding carboxylic acids is 1. The van der Waals surface area contributed by atoms with Crippen LogP contribution < -0.4 is 14.4 Å². The van der Waals surface area contributed by atoms with E-state index in [2.05, 4.69) is 5.32 Å². The van der Waals surface area contributed by atoms with Crippen molar-refractivity contribution in [3.05, 3.63) is 53.1 Å². The van der Waals surface area contributed by atoms with E-state index >= 15 is 0 Å². The molecule has 1 amide bonds. The fourth-order valence-electron chi connectivity index (χ4n) is 3.14. The highest BCUT2D eigenvalue weighted by Gasteiger charge is 2.29. The van der Waals surface area contributed by atoms with Crippen molar-refractivity contribution in [2.24, 2.45) is 0 Å². The number of ether oxygens (including phenoxy) is 1. The highest BCUT2D eigenvalue weighted by Crippen LogP contribution is 2.26. The summed E-state index contributed by atoms with van der Waals surface area (Å²) in [6.07, 6.45) is 1.09. The second-order valence-corrected chi connectivity index (χ2v) is 8.56. The monoisotopic (exact) mass is 390 g/mol. The van der Waals surface area contributed by atoms with Gasteiger partial charge in [-0.3, -0.25) is 9.10 Å². The SMILES string of the molecule is COc1ccc(N([C@H](C)C(=O)Nc2c(C)cc(C)cc2C)S(C)(=O)=O)cc1. The first-order chi connectivity index (χ1) is 12.5. The smallest absolute Gasteiger partial charge is 0.248 e. The largest absolute Gasteiger partial charge is 0.497 e. The van der Waals surface area contributed by atoms with Crippen LogP contribution in [-0.4, -0.2) is 33.7 Å². The molecule has 0 heterocycles. The third-order valence-electron chi connectivity index (χ3n) is 4.34. The van der Waals surface area contributed by atoms with E-state index in [-0.39, 0.29) is 0 Å². The van der Waals surface area contributed by atoms with Crippen molar-refractivity contribution < 1.29 is 17.9 Å².